The average molecular weight is 211 g/mol. The number of rotatable bonds is 2. The molecule has 3 aliphatic rings. The highest BCUT2D eigenvalue weighted by Crippen LogP contribution is 2.58. The Labute approximate surface area is 94.0 Å². The monoisotopic (exact) mass is 211 g/mol. The van der Waals surface area contributed by atoms with Crippen molar-refractivity contribution < 1.29 is 4.74 Å². The van der Waals surface area contributed by atoms with Crippen molar-refractivity contribution in [1.82, 2.24) is 4.90 Å². The first kappa shape index (κ1) is 11.4. The van der Waals surface area contributed by atoms with Crippen LogP contribution < -0.4 is 0 Å². The molecule has 0 bridgehead atoms. The molecule has 2 saturated heterocycles. The Morgan fingerprint density at radius 1 is 0.933 bits per heavy atom. The molecule has 1 saturated carbocycles. The Kier molecular flexibility index (Phi) is 3.09. The van der Waals surface area contributed by atoms with Gasteiger partial charge < -0.3 is 4.74 Å². The summed E-state index contributed by atoms with van der Waals surface area (Å²) in [7, 11) is 1.91. The second kappa shape index (κ2) is 4.06. The SMILES string of the molecule is CC.COC1(C23CCCN2CCC3)CC1. The van der Waals surface area contributed by atoms with Crippen LogP contribution in [-0.4, -0.2) is 36.2 Å². The predicted octanol–water partition coefficient (Wildman–Crippen LogP) is 2.82. The van der Waals surface area contributed by atoms with Gasteiger partial charge in [-0.25, -0.2) is 0 Å². The molecule has 3 fully saturated rings. The predicted molar refractivity (Wildman–Crippen MR) is 63.1 cm³/mol. The highest BCUT2D eigenvalue weighted by molar-refractivity contribution is 5.20. The molecule has 0 atom stereocenters. The van der Waals surface area contributed by atoms with Crippen LogP contribution in [-0.2, 0) is 4.74 Å². The Bertz CT molecular complexity index is 213. The molecule has 0 spiro atoms. The van der Waals surface area contributed by atoms with E-state index in [-0.39, 0.29) is 5.60 Å². The number of ether oxygens (including phenoxy) is 1. The number of hydrogen-bond donors (Lipinski definition) is 0. The van der Waals surface area contributed by atoms with Crippen molar-refractivity contribution in [3.8, 4) is 0 Å². The van der Waals surface area contributed by atoms with Gasteiger partial charge in [-0.05, 0) is 51.6 Å². The zero-order chi connectivity index (χ0) is 10.9. The highest BCUT2D eigenvalue weighted by atomic mass is 16.5. The van der Waals surface area contributed by atoms with Crippen molar-refractivity contribution in [3.05, 3.63) is 0 Å². The van der Waals surface area contributed by atoms with Crippen molar-refractivity contribution in [2.75, 3.05) is 20.2 Å². The van der Waals surface area contributed by atoms with Gasteiger partial charge in [0.1, 0.15) is 0 Å². The summed E-state index contributed by atoms with van der Waals surface area (Å²) >= 11 is 0. The number of hydrogen-bond acceptors (Lipinski definition) is 2. The molecule has 0 aromatic rings. The van der Waals surface area contributed by atoms with Crippen molar-refractivity contribution in [1.29, 1.82) is 0 Å². The molecular weight excluding hydrogens is 186 g/mol. The average Bonchev–Trinajstić information content (AvgIpc) is 2.81. The van der Waals surface area contributed by atoms with Crippen LogP contribution in [0.2, 0.25) is 0 Å². The largest absolute Gasteiger partial charge is 0.376 e. The van der Waals surface area contributed by atoms with Gasteiger partial charge in [0.25, 0.3) is 0 Å². The molecular formula is C13H25NO. The van der Waals surface area contributed by atoms with E-state index in [2.05, 4.69) is 4.90 Å². The van der Waals surface area contributed by atoms with Gasteiger partial charge in [0.2, 0.25) is 0 Å². The maximum atomic E-state index is 5.80. The summed E-state index contributed by atoms with van der Waals surface area (Å²) < 4.78 is 5.80. The maximum absolute atomic E-state index is 5.80. The van der Waals surface area contributed by atoms with Crippen molar-refractivity contribution in [2.24, 2.45) is 0 Å². The first-order valence-electron chi connectivity index (χ1n) is 6.63. The second-order valence-corrected chi connectivity index (χ2v) is 4.92. The van der Waals surface area contributed by atoms with Crippen molar-refractivity contribution >= 4 is 0 Å². The van der Waals surface area contributed by atoms with Crippen LogP contribution in [0.4, 0.5) is 0 Å². The zero-order valence-electron chi connectivity index (χ0n) is 10.5. The number of methoxy groups -OCH3 is 1. The van der Waals surface area contributed by atoms with E-state index >= 15 is 0 Å². The van der Waals surface area contributed by atoms with Gasteiger partial charge in [0, 0.05) is 12.6 Å². The summed E-state index contributed by atoms with van der Waals surface area (Å²) in [5.41, 5.74) is 0.752. The van der Waals surface area contributed by atoms with Gasteiger partial charge in [-0.1, -0.05) is 13.8 Å². The van der Waals surface area contributed by atoms with E-state index in [1.165, 1.54) is 51.6 Å². The lowest BCUT2D eigenvalue weighted by Crippen LogP contribution is -2.51. The molecule has 0 unspecified atom stereocenters. The maximum Gasteiger partial charge on any atom is 0.0863 e. The molecule has 2 heteroatoms. The summed E-state index contributed by atoms with van der Waals surface area (Å²) in [5, 5.41) is 0. The topological polar surface area (TPSA) is 12.5 Å². The third kappa shape index (κ3) is 1.45. The minimum absolute atomic E-state index is 0.278. The lowest BCUT2D eigenvalue weighted by atomic mass is 9.85. The lowest BCUT2D eigenvalue weighted by Gasteiger charge is -2.39. The van der Waals surface area contributed by atoms with Crippen LogP contribution in [0.15, 0.2) is 0 Å². The molecule has 88 valence electrons. The third-order valence-electron chi connectivity index (χ3n) is 4.59. The quantitative estimate of drug-likeness (QED) is 0.696. The fourth-order valence-corrected chi connectivity index (χ4v) is 3.82. The van der Waals surface area contributed by atoms with E-state index in [0.29, 0.717) is 5.54 Å². The minimum Gasteiger partial charge on any atom is -0.376 e. The first-order chi connectivity index (χ1) is 7.33. The highest BCUT2D eigenvalue weighted by Gasteiger charge is 2.64. The fourth-order valence-electron chi connectivity index (χ4n) is 3.82. The Morgan fingerprint density at radius 3 is 1.87 bits per heavy atom. The van der Waals surface area contributed by atoms with Crippen LogP contribution in [0.3, 0.4) is 0 Å². The molecule has 0 radical (unpaired) electrons. The zero-order valence-corrected chi connectivity index (χ0v) is 10.5. The number of nitrogens with zero attached hydrogens (tertiary/aromatic N) is 1. The van der Waals surface area contributed by atoms with Crippen molar-refractivity contribution in [2.45, 2.75) is 63.5 Å². The van der Waals surface area contributed by atoms with Gasteiger partial charge in [-0.15, -0.1) is 0 Å². The molecule has 0 aromatic heterocycles. The third-order valence-corrected chi connectivity index (χ3v) is 4.59. The number of fused-ring (bicyclic) bond motifs is 1. The van der Waals surface area contributed by atoms with Crippen LogP contribution in [0.1, 0.15) is 52.4 Å². The van der Waals surface area contributed by atoms with Gasteiger partial charge >= 0.3 is 0 Å². The standard InChI is InChI=1S/C11H19NO.C2H6/c1-13-11(6-7-11)10-4-2-8-12(10)9-3-5-10;1-2/h2-9H2,1H3;1-2H3. The Morgan fingerprint density at radius 2 is 1.47 bits per heavy atom. The van der Waals surface area contributed by atoms with Crippen molar-refractivity contribution in [3.63, 3.8) is 0 Å². The van der Waals surface area contributed by atoms with Gasteiger partial charge in [0.05, 0.1) is 5.60 Å². The summed E-state index contributed by atoms with van der Waals surface area (Å²) in [6.07, 6.45) is 8.18. The van der Waals surface area contributed by atoms with Crippen LogP contribution in [0, 0.1) is 0 Å². The molecule has 2 heterocycles. The summed E-state index contributed by atoms with van der Waals surface area (Å²) in [6, 6.07) is 0. The molecule has 0 amide bonds. The fraction of sp³-hybridized carbons (Fsp3) is 1.00. The van der Waals surface area contributed by atoms with E-state index in [1.807, 2.05) is 21.0 Å². The van der Waals surface area contributed by atoms with Gasteiger partial charge in [-0.2, -0.15) is 0 Å². The van der Waals surface area contributed by atoms with E-state index in [1.54, 1.807) is 0 Å². The lowest BCUT2D eigenvalue weighted by molar-refractivity contribution is -0.0376. The molecule has 15 heavy (non-hydrogen) atoms. The van der Waals surface area contributed by atoms with E-state index in [4.69, 9.17) is 4.74 Å². The normalized spacial score (nSPS) is 30.6. The molecule has 0 aromatic carbocycles. The minimum atomic E-state index is 0.278. The summed E-state index contributed by atoms with van der Waals surface area (Å²) in [4.78, 5) is 2.71. The molecule has 0 N–H and O–H groups in total. The van der Waals surface area contributed by atoms with Crippen LogP contribution in [0.5, 0.6) is 0 Å². The Balaban J connectivity index is 0.000000404. The van der Waals surface area contributed by atoms with E-state index < -0.39 is 0 Å². The van der Waals surface area contributed by atoms with Gasteiger partial charge in [0.15, 0.2) is 0 Å². The second-order valence-electron chi connectivity index (χ2n) is 4.92. The van der Waals surface area contributed by atoms with Crippen LogP contribution in [0.25, 0.3) is 0 Å². The van der Waals surface area contributed by atoms with Gasteiger partial charge in [-0.3, -0.25) is 4.90 Å². The molecule has 2 nitrogen and oxygen atoms in total. The van der Waals surface area contributed by atoms with Crippen LogP contribution >= 0.6 is 0 Å². The molecule has 3 rings (SSSR count). The molecule has 1 aliphatic carbocycles. The summed E-state index contributed by atoms with van der Waals surface area (Å²) in [5.74, 6) is 0. The van der Waals surface area contributed by atoms with E-state index in [9.17, 15) is 0 Å². The Hall–Kier alpha value is -0.0800. The summed E-state index contributed by atoms with van der Waals surface area (Å²) in [6.45, 7) is 6.65. The molecule has 2 aliphatic heterocycles. The smallest absolute Gasteiger partial charge is 0.0863 e. The first-order valence-corrected chi connectivity index (χ1v) is 6.63. The van der Waals surface area contributed by atoms with E-state index in [0.717, 1.165) is 0 Å².